The number of hydrogen-bond donors (Lipinski definition) is 5. The third-order valence-corrected chi connectivity index (χ3v) is 17.2. The number of benzene rings is 6. The van der Waals surface area contributed by atoms with E-state index in [0.29, 0.717) is 89.9 Å². The minimum atomic E-state index is -0.539. The molecule has 0 bridgehead atoms. The van der Waals surface area contributed by atoms with Crippen molar-refractivity contribution >= 4 is 103 Å². The second kappa shape index (κ2) is 40.4. The van der Waals surface area contributed by atoms with Crippen molar-refractivity contribution in [1.29, 1.82) is 5.26 Å². The molecule has 6 aromatic carbocycles. The number of nitriles is 1. The number of carbonyl (C=O) groups excluding carboxylic acids is 5. The van der Waals surface area contributed by atoms with Crippen molar-refractivity contribution in [3.05, 3.63) is 332 Å². The van der Waals surface area contributed by atoms with Gasteiger partial charge in [0.05, 0.1) is 65.5 Å². The Hall–Kier alpha value is -14.9. The average molecular weight is 1580 g/mol. The number of rotatable bonds is 20. The van der Waals surface area contributed by atoms with Crippen LogP contribution in [0.4, 0.5) is 37.2 Å². The topological polar surface area (TPSA) is 357 Å². The standard InChI is InChI=1S/C20H15N3O2.2C16H13N3O2S.2C14H9FN4O2S/c1-14-4-2-5-16(8-14)20(24)23-17-9-15(12-21)10-19(11-17)25-18-6-3-7-22-13-18;1-11-18-15(10-22-11)16(20)19-12-4-2-5-13(8-12)21-14-6-3-7-17-9-14;1-11-10-22-16(18-11)15(20)19-12-4-2-5-13(8-12)21-14-6-3-7-17-9-14;15-9-1-10(19-14(20)13-6-22-8-18-13)3-11(2-9)21-12-4-16-7-17-5-12;15-9-3-10(19-13(20)14-18-1-2-22-14)5-11(4-9)21-12-6-16-8-17-7-12/h2-11,13H,1H3,(H,23,24);2*2-10H,1H3,(H,19,20);2*1-8H,(H,19,20). The molecule has 5 N–H and O–H groups in total. The van der Waals surface area contributed by atoms with Gasteiger partial charge in [-0.25, -0.2) is 48.7 Å². The number of nitrogens with one attached hydrogen (secondary N) is 5. The molecular weight excluding hydrogens is 1530 g/mol. The number of amides is 5. The van der Waals surface area contributed by atoms with Gasteiger partial charge in [-0.05, 0) is 118 Å². The fourth-order valence-electron chi connectivity index (χ4n) is 9.37. The monoisotopic (exact) mass is 1580 g/mol. The van der Waals surface area contributed by atoms with E-state index in [1.807, 2.05) is 74.7 Å². The third-order valence-electron chi connectivity index (χ3n) is 14.1. The van der Waals surface area contributed by atoms with Gasteiger partial charge < -0.3 is 50.3 Å². The van der Waals surface area contributed by atoms with Gasteiger partial charge in [-0.15, -0.1) is 45.3 Å². The van der Waals surface area contributed by atoms with Crippen LogP contribution in [-0.4, -0.2) is 84.4 Å². The molecule has 0 fully saturated rings. The van der Waals surface area contributed by atoms with Crippen LogP contribution in [0.15, 0.2) is 272 Å². The van der Waals surface area contributed by atoms with E-state index in [0.717, 1.165) is 16.3 Å². The van der Waals surface area contributed by atoms with Crippen LogP contribution in [0.3, 0.4) is 0 Å². The zero-order valence-corrected chi connectivity index (χ0v) is 62.6. The number of hydrogen-bond acceptors (Lipinski definition) is 26. The predicted octanol–water partition coefficient (Wildman–Crippen LogP) is 18.3. The molecule has 9 aromatic heterocycles. The lowest BCUT2D eigenvalue weighted by Gasteiger charge is -2.10. The molecule has 15 rings (SSSR count). The first kappa shape index (κ1) is 79.2. The summed E-state index contributed by atoms with van der Waals surface area (Å²) in [7, 11) is 0. The minimum Gasteiger partial charge on any atom is -0.456 e. The number of ether oxygens (including phenoxy) is 5. The second-order valence-electron chi connectivity index (χ2n) is 22.9. The zero-order chi connectivity index (χ0) is 79.1. The van der Waals surface area contributed by atoms with Crippen LogP contribution < -0.4 is 50.3 Å². The molecule has 33 heteroatoms. The number of aromatic nitrogens is 11. The first-order chi connectivity index (χ1) is 54.9. The highest BCUT2D eigenvalue weighted by atomic mass is 32.1. The molecule has 0 aliphatic rings. The average Bonchev–Trinajstić information content (AvgIpc) is 1.79. The van der Waals surface area contributed by atoms with Gasteiger partial charge in [0.15, 0.2) is 21.5 Å². The molecule has 15 aromatic rings. The number of halogens is 2. The van der Waals surface area contributed by atoms with E-state index in [-0.39, 0.29) is 46.3 Å². The molecule has 0 atom stereocenters. The van der Waals surface area contributed by atoms with E-state index in [4.69, 9.17) is 23.7 Å². The largest absolute Gasteiger partial charge is 0.456 e. The van der Waals surface area contributed by atoms with Crippen LogP contribution in [0.2, 0.25) is 0 Å². The first-order valence-corrected chi connectivity index (χ1v) is 36.8. The van der Waals surface area contributed by atoms with E-state index in [2.05, 4.69) is 87.5 Å². The Kier molecular flexibility index (Phi) is 28.3. The zero-order valence-electron chi connectivity index (χ0n) is 59.3. The Balaban J connectivity index is 0.000000140. The van der Waals surface area contributed by atoms with Gasteiger partial charge in [0.1, 0.15) is 81.7 Å². The van der Waals surface area contributed by atoms with Gasteiger partial charge >= 0.3 is 0 Å². The lowest BCUT2D eigenvalue weighted by Crippen LogP contribution is -2.12. The number of carbonyl (C=O) groups is 5. The summed E-state index contributed by atoms with van der Waals surface area (Å²) >= 11 is 5.26. The highest BCUT2D eigenvalue weighted by Gasteiger charge is 2.17. The smallest absolute Gasteiger partial charge is 0.284 e. The summed E-state index contributed by atoms with van der Waals surface area (Å²) < 4.78 is 55.2. The van der Waals surface area contributed by atoms with Crippen molar-refractivity contribution in [2.45, 2.75) is 20.8 Å². The predicted molar refractivity (Wildman–Crippen MR) is 423 cm³/mol. The Labute approximate surface area is 658 Å². The summed E-state index contributed by atoms with van der Waals surface area (Å²) in [5.41, 5.74) is 7.34. The first-order valence-electron chi connectivity index (χ1n) is 33.2. The van der Waals surface area contributed by atoms with Crippen LogP contribution in [-0.2, 0) is 0 Å². The molecule has 27 nitrogen and oxygen atoms in total. The summed E-state index contributed by atoms with van der Waals surface area (Å²) in [6.07, 6.45) is 19.9. The van der Waals surface area contributed by atoms with Gasteiger partial charge in [0, 0.05) is 128 Å². The summed E-state index contributed by atoms with van der Waals surface area (Å²) in [5.74, 6) is 2.11. The number of aryl methyl sites for hydroxylation is 3. The van der Waals surface area contributed by atoms with Crippen molar-refractivity contribution in [1.82, 2.24) is 54.8 Å². The van der Waals surface area contributed by atoms with E-state index in [1.54, 1.807) is 138 Å². The molecule has 0 aliphatic carbocycles. The van der Waals surface area contributed by atoms with Crippen molar-refractivity contribution in [3.8, 4) is 63.6 Å². The van der Waals surface area contributed by atoms with E-state index < -0.39 is 23.4 Å². The van der Waals surface area contributed by atoms with Gasteiger partial charge in [0.25, 0.3) is 29.5 Å². The lowest BCUT2D eigenvalue weighted by atomic mass is 10.1. The molecular formula is C80H59F2N17O10S4. The van der Waals surface area contributed by atoms with Gasteiger partial charge in [-0.1, -0.05) is 29.8 Å². The number of nitrogens with zero attached hydrogens (tertiary/aromatic N) is 12. The van der Waals surface area contributed by atoms with Crippen molar-refractivity contribution in [2.75, 3.05) is 26.6 Å². The quantitative estimate of drug-likeness (QED) is 0.0473. The molecule has 0 radical (unpaired) electrons. The highest BCUT2D eigenvalue weighted by Crippen LogP contribution is 2.31. The Morgan fingerprint density at radius 2 is 0.858 bits per heavy atom. The summed E-state index contributed by atoms with van der Waals surface area (Å²) in [5, 5.41) is 31.2. The Morgan fingerprint density at radius 1 is 0.389 bits per heavy atom. The Morgan fingerprint density at radius 3 is 1.35 bits per heavy atom. The maximum absolute atomic E-state index is 13.6. The molecule has 113 heavy (non-hydrogen) atoms. The Bertz CT molecular complexity index is 5440. The van der Waals surface area contributed by atoms with Crippen LogP contribution >= 0.6 is 45.3 Å². The summed E-state index contributed by atoms with van der Waals surface area (Å²) in [6.45, 7) is 5.65. The third kappa shape index (κ3) is 25.7. The second-order valence-corrected chi connectivity index (χ2v) is 26.4. The van der Waals surface area contributed by atoms with Crippen LogP contribution in [0.1, 0.15) is 72.8 Å². The fraction of sp³-hybridized carbons (Fsp3) is 0.0375. The van der Waals surface area contributed by atoms with Crippen molar-refractivity contribution in [2.24, 2.45) is 0 Å². The number of thiazole rings is 4. The van der Waals surface area contributed by atoms with Gasteiger partial charge in [-0.3, -0.25) is 38.9 Å². The van der Waals surface area contributed by atoms with E-state index in [9.17, 15) is 38.0 Å². The maximum Gasteiger partial charge on any atom is 0.284 e. The fourth-order valence-corrected chi connectivity index (χ4v) is 11.7. The lowest BCUT2D eigenvalue weighted by molar-refractivity contribution is 0.101. The molecule has 0 unspecified atom stereocenters. The SMILES string of the molecule is Cc1cccc(C(=O)Nc2cc(C#N)cc(Oc3cccnc3)c2)c1.Cc1csc(C(=O)Nc2cccc(Oc3cccnc3)c2)n1.Cc1nc(C(=O)Nc2cccc(Oc3cccnc3)c2)cs1.O=C(Nc1cc(F)cc(Oc2cncnc2)c1)c1cscn1.O=C(Nc1cc(F)cc(Oc2cncnc2)c1)c1nccs1. The van der Waals surface area contributed by atoms with Gasteiger partial charge in [-0.2, -0.15) is 5.26 Å². The van der Waals surface area contributed by atoms with Crippen LogP contribution in [0, 0.1) is 43.7 Å². The summed E-state index contributed by atoms with van der Waals surface area (Å²) in [6, 6.07) is 47.1. The minimum absolute atomic E-state index is 0.225. The van der Waals surface area contributed by atoms with Crippen molar-refractivity contribution < 1.29 is 56.4 Å². The van der Waals surface area contributed by atoms with Crippen LogP contribution in [0.25, 0.3) is 0 Å². The van der Waals surface area contributed by atoms with E-state index in [1.165, 1.54) is 125 Å². The number of pyridine rings is 3. The molecule has 9 heterocycles. The van der Waals surface area contributed by atoms with Gasteiger partial charge in [0.2, 0.25) is 0 Å². The molecule has 562 valence electrons. The normalized spacial score (nSPS) is 10.2. The molecule has 0 spiro atoms. The molecule has 5 amide bonds. The van der Waals surface area contributed by atoms with E-state index >= 15 is 0 Å². The van der Waals surface area contributed by atoms with Crippen molar-refractivity contribution in [3.63, 3.8) is 0 Å². The molecule has 0 saturated heterocycles. The maximum atomic E-state index is 13.6. The number of anilines is 5. The molecule has 0 aliphatic heterocycles. The summed E-state index contributed by atoms with van der Waals surface area (Å²) in [4.78, 5) is 104. The molecule has 0 saturated carbocycles. The highest BCUT2D eigenvalue weighted by molar-refractivity contribution is 7.12. The van der Waals surface area contributed by atoms with Crippen LogP contribution in [0.5, 0.6) is 57.5 Å².